The maximum atomic E-state index is 13.1. The number of piperazine rings is 1. The van der Waals surface area contributed by atoms with E-state index in [0.717, 1.165) is 11.1 Å². The Kier molecular flexibility index (Phi) is 7.28. The van der Waals surface area contributed by atoms with E-state index < -0.39 is 0 Å². The van der Waals surface area contributed by atoms with Crippen molar-refractivity contribution >= 4 is 55.9 Å². The Morgan fingerprint density at radius 2 is 1.59 bits per heavy atom. The van der Waals surface area contributed by atoms with Gasteiger partial charge < -0.3 is 9.47 Å². The van der Waals surface area contributed by atoms with Crippen LogP contribution in [0.25, 0.3) is 11.0 Å². The van der Waals surface area contributed by atoms with Crippen molar-refractivity contribution < 1.29 is 0 Å². The molecule has 2 aromatic heterocycles. The molecule has 6 nitrogen and oxygen atoms in total. The van der Waals surface area contributed by atoms with Crippen LogP contribution in [0, 0.1) is 11.3 Å². The predicted molar refractivity (Wildman–Crippen MR) is 153 cm³/mol. The summed E-state index contributed by atoms with van der Waals surface area (Å²) in [5, 5.41) is 11.4. The van der Waals surface area contributed by atoms with Crippen molar-refractivity contribution in [1.82, 2.24) is 14.5 Å². The van der Waals surface area contributed by atoms with E-state index in [2.05, 4.69) is 68.0 Å². The molecule has 0 saturated carbocycles. The Hall–Kier alpha value is -2.89. The van der Waals surface area contributed by atoms with Crippen LogP contribution in [-0.4, -0.2) is 40.1 Å². The lowest BCUT2D eigenvalue weighted by Gasteiger charge is -2.45. The van der Waals surface area contributed by atoms with E-state index in [9.17, 15) is 10.1 Å². The number of rotatable bonds is 4. The van der Waals surface area contributed by atoms with Crippen LogP contribution in [0.3, 0.4) is 0 Å². The SMILES string of the molecule is C[C@@H]1CN(c2c(C#N)c(=O)n(C)c3ccc(Br)nc23)CCN1C(c1ccc(Cl)cc1)c1ccc(Cl)cc1. The summed E-state index contributed by atoms with van der Waals surface area (Å²) in [5.41, 5.74) is 4.00. The number of hydrogen-bond donors (Lipinski definition) is 0. The second-order valence-electron chi connectivity index (χ2n) is 9.24. The van der Waals surface area contributed by atoms with Gasteiger partial charge in [-0.05, 0) is 70.4 Å². The first-order valence-corrected chi connectivity index (χ1v) is 13.4. The van der Waals surface area contributed by atoms with Crippen LogP contribution in [0.1, 0.15) is 29.7 Å². The van der Waals surface area contributed by atoms with Gasteiger partial charge in [0.2, 0.25) is 0 Å². The topological polar surface area (TPSA) is 65.2 Å². The number of nitriles is 1. The van der Waals surface area contributed by atoms with Gasteiger partial charge in [0.15, 0.2) is 0 Å². The van der Waals surface area contributed by atoms with Gasteiger partial charge in [-0.25, -0.2) is 4.98 Å². The minimum absolute atomic E-state index is 0.00484. The monoisotopic (exact) mass is 595 g/mol. The first kappa shape index (κ1) is 25.7. The molecule has 0 amide bonds. The molecule has 1 aliphatic rings. The Bertz CT molecular complexity index is 1520. The summed E-state index contributed by atoms with van der Waals surface area (Å²) in [4.78, 5) is 22.3. The smallest absolute Gasteiger partial charge is 0.270 e. The van der Waals surface area contributed by atoms with Gasteiger partial charge in [-0.3, -0.25) is 9.69 Å². The maximum absolute atomic E-state index is 13.1. The molecule has 3 heterocycles. The molecule has 0 bridgehead atoms. The summed E-state index contributed by atoms with van der Waals surface area (Å²) < 4.78 is 2.15. The summed E-state index contributed by atoms with van der Waals surface area (Å²) in [7, 11) is 1.67. The van der Waals surface area contributed by atoms with E-state index >= 15 is 0 Å². The van der Waals surface area contributed by atoms with E-state index in [4.69, 9.17) is 23.2 Å². The molecule has 9 heteroatoms. The van der Waals surface area contributed by atoms with Crippen molar-refractivity contribution in [3.8, 4) is 6.07 Å². The molecule has 37 heavy (non-hydrogen) atoms. The molecule has 4 aromatic rings. The molecule has 1 fully saturated rings. The quantitative estimate of drug-likeness (QED) is 0.263. The van der Waals surface area contributed by atoms with Crippen molar-refractivity contribution in [2.24, 2.45) is 7.05 Å². The molecule has 0 radical (unpaired) electrons. The minimum atomic E-state index is -0.315. The van der Waals surface area contributed by atoms with Gasteiger partial charge in [0.25, 0.3) is 5.56 Å². The minimum Gasteiger partial charge on any atom is -0.366 e. The third-order valence-corrected chi connectivity index (χ3v) is 7.94. The van der Waals surface area contributed by atoms with Gasteiger partial charge in [-0.2, -0.15) is 5.26 Å². The van der Waals surface area contributed by atoms with E-state index in [-0.39, 0.29) is 23.2 Å². The standard InChI is InChI=1S/C28H24BrCl2N5O/c1-17-16-35(27-22(15-32)28(37)34(2)23-11-12-24(29)33-25(23)27)13-14-36(17)26(18-3-7-20(30)8-4-18)19-5-9-21(31)10-6-19/h3-12,17,26H,13-14,16H2,1-2H3/t17-/m1/s1. The molecule has 188 valence electrons. The average molecular weight is 597 g/mol. The highest BCUT2D eigenvalue weighted by atomic mass is 79.9. The van der Waals surface area contributed by atoms with Gasteiger partial charge >= 0.3 is 0 Å². The number of benzene rings is 2. The fourth-order valence-corrected chi connectivity index (χ4v) is 5.76. The largest absolute Gasteiger partial charge is 0.366 e. The Labute approximate surface area is 233 Å². The van der Waals surface area contributed by atoms with E-state index in [0.29, 0.717) is 51.0 Å². The third kappa shape index (κ3) is 4.87. The number of halogens is 3. The van der Waals surface area contributed by atoms with Crippen LogP contribution in [0.2, 0.25) is 10.0 Å². The first-order chi connectivity index (χ1) is 17.8. The predicted octanol–water partition coefficient (Wildman–Crippen LogP) is 6.17. The zero-order chi connectivity index (χ0) is 26.3. The van der Waals surface area contributed by atoms with Crippen LogP contribution in [0.15, 0.2) is 70.1 Å². The van der Waals surface area contributed by atoms with Gasteiger partial charge in [-0.15, -0.1) is 0 Å². The van der Waals surface area contributed by atoms with Crippen LogP contribution in [0.4, 0.5) is 5.69 Å². The highest BCUT2D eigenvalue weighted by Gasteiger charge is 2.33. The van der Waals surface area contributed by atoms with E-state index in [1.165, 1.54) is 4.57 Å². The highest BCUT2D eigenvalue weighted by Crippen LogP contribution is 2.36. The van der Waals surface area contributed by atoms with E-state index in [1.54, 1.807) is 13.1 Å². The third-order valence-electron chi connectivity index (χ3n) is 6.99. The molecule has 1 saturated heterocycles. The Balaban J connectivity index is 1.55. The van der Waals surface area contributed by atoms with Crippen LogP contribution in [-0.2, 0) is 7.05 Å². The van der Waals surface area contributed by atoms with Crippen molar-refractivity contribution in [1.29, 1.82) is 5.26 Å². The Morgan fingerprint density at radius 3 is 2.14 bits per heavy atom. The second kappa shape index (κ2) is 10.5. The molecule has 0 unspecified atom stereocenters. The number of fused-ring (bicyclic) bond motifs is 1. The molecule has 0 spiro atoms. The van der Waals surface area contributed by atoms with Gasteiger partial charge in [0, 0.05) is 42.8 Å². The maximum Gasteiger partial charge on any atom is 0.270 e. The fourth-order valence-electron chi connectivity index (χ4n) is 5.20. The molecule has 0 aliphatic carbocycles. The highest BCUT2D eigenvalue weighted by molar-refractivity contribution is 9.10. The lowest BCUT2D eigenvalue weighted by Crippen LogP contribution is -2.53. The normalized spacial score (nSPS) is 16.4. The second-order valence-corrected chi connectivity index (χ2v) is 10.9. The average Bonchev–Trinajstić information content (AvgIpc) is 2.89. The zero-order valence-electron chi connectivity index (χ0n) is 20.3. The number of hydrogen-bond acceptors (Lipinski definition) is 5. The van der Waals surface area contributed by atoms with Gasteiger partial charge in [0.05, 0.1) is 17.2 Å². The number of aromatic nitrogens is 2. The first-order valence-electron chi connectivity index (χ1n) is 11.9. The number of aryl methyl sites for hydroxylation is 1. The zero-order valence-corrected chi connectivity index (χ0v) is 23.4. The van der Waals surface area contributed by atoms with Crippen molar-refractivity contribution in [3.63, 3.8) is 0 Å². The van der Waals surface area contributed by atoms with Crippen LogP contribution < -0.4 is 10.5 Å². The number of nitrogens with zero attached hydrogens (tertiary/aromatic N) is 5. The van der Waals surface area contributed by atoms with Gasteiger partial charge in [0.1, 0.15) is 21.8 Å². The summed E-state index contributed by atoms with van der Waals surface area (Å²) in [5.74, 6) is 0. The van der Waals surface area contributed by atoms with Crippen molar-refractivity contribution in [3.05, 3.63) is 102 Å². The molecule has 5 rings (SSSR count). The Morgan fingerprint density at radius 1 is 1.00 bits per heavy atom. The van der Waals surface area contributed by atoms with Crippen LogP contribution in [0.5, 0.6) is 0 Å². The number of pyridine rings is 2. The van der Waals surface area contributed by atoms with E-state index in [1.807, 2.05) is 30.3 Å². The fraction of sp³-hybridized carbons (Fsp3) is 0.250. The molecule has 2 aromatic carbocycles. The lowest BCUT2D eigenvalue weighted by molar-refractivity contribution is 0.150. The van der Waals surface area contributed by atoms with Crippen molar-refractivity contribution in [2.75, 3.05) is 24.5 Å². The lowest BCUT2D eigenvalue weighted by atomic mass is 9.94. The number of anilines is 1. The molecule has 1 atom stereocenters. The summed E-state index contributed by atoms with van der Waals surface area (Å²) in [6.07, 6.45) is 0. The summed E-state index contributed by atoms with van der Waals surface area (Å²) in [6, 6.07) is 21.8. The van der Waals surface area contributed by atoms with Gasteiger partial charge in [-0.1, -0.05) is 47.5 Å². The van der Waals surface area contributed by atoms with Crippen molar-refractivity contribution in [2.45, 2.75) is 19.0 Å². The van der Waals surface area contributed by atoms with Crippen LogP contribution >= 0.6 is 39.1 Å². The molecular weight excluding hydrogens is 573 g/mol. The molecule has 1 aliphatic heterocycles. The molecule has 0 N–H and O–H groups in total. The summed E-state index contributed by atoms with van der Waals surface area (Å²) >= 11 is 15.8. The molecular formula is C28H24BrCl2N5O. The summed E-state index contributed by atoms with van der Waals surface area (Å²) in [6.45, 7) is 4.15.